The summed E-state index contributed by atoms with van der Waals surface area (Å²) in [4.78, 5) is 15.4. The summed E-state index contributed by atoms with van der Waals surface area (Å²) in [6, 6.07) is 80.3. The van der Waals surface area contributed by atoms with Crippen molar-refractivity contribution in [3.63, 3.8) is 0 Å². The van der Waals surface area contributed by atoms with E-state index in [0.717, 1.165) is 89.8 Å². The van der Waals surface area contributed by atoms with Crippen LogP contribution in [-0.4, -0.2) is 28.7 Å². The fourth-order valence-corrected chi connectivity index (χ4v) is 13.6. The Morgan fingerprint density at radius 2 is 0.456 bits per heavy atom. The Balaban J connectivity index is 0.782. The molecule has 0 amide bonds. The summed E-state index contributed by atoms with van der Waals surface area (Å²) in [5.74, 6) is 2.85. The van der Waals surface area contributed by atoms with E-state index in [1.54, 1.807) is 0 Å². The van der Waals surface area contributed by atoms with E-state index in [9.17, 15) is 0 Å². The molecule has 3 aromatic heterocycles. The second-order valence-corrected chi connectivity index (χ2v) is 24.8. The van der Waals surface area contributed by atoms with Crippen molar-refractivity contribution >= 4 is 0 Å². The summed E-state index contributed by atoms with van der Waals surface area (Å²) in [5.41, 5.74) is 32.8. The van der Waals surface area contributed by atoms with Crippen LogP contribution in [0.4, 0.5) is 0 Å². The van der Waals surface area contributed by atoms with Gasteiger partial charge in [0.15, 0.2) is 0 Å². The van der Waals surface area contributed by atoms with E-state index in [4.69, 9.17) is 15.0 Å². The van der Waals surface area contributed by atoms with Crippen molar-refractivity contribution in [1.29, 1.82) is 0 Å². The molecule has 0 bridgehead atoms. The average molecular weight is 1170 g/mol. The van der Waals surface area contributed by atoms with Gasteiger partial charge in [0, 0.05) is 33.4 Å². The Morgan fingerprint density at radius 1 is 0.233 bits per heavy atom. The summed E-state index contributed by atoms with van der Waals surface area (Å²) in [7, 11) is 0. The fraction of sp³-hybridized carbons (Fsp3) is 0.179. The molecule has 0 unspecified atom stereocenters. The molecule has 0 radical (unpaired) electrons. The normalized spacial score (nSPS) is 11.4. The Labute approximate surface area is 532 Å². The van der Waals surface area contributed by atoms with E-state index >= 15 is 0 Å². The third-order valence-electron chi connectivity index (χ3n) is 18.4. The van der Waals surface area contributed by atoms with Gasteiger partial charge in [0.2, 0.25) is 0 Å². The zero-order valence-corrected chi connectivity index (χ0v) is 53.4. The predicted molar refractivity (Wildman–Crippen MR) is 375 cm³/mol. The molecule has 0 atom stereocenters. The molecule has 10 aromatic carbocycles. The molecule has 13 aromatic rings. The van der Waals surface area contributed by atoms with Gasteiger partial charge in [-0.05, 0) is 184 Å². The van der Waals surface area contributed by atoms with Crippen molar-refractivity contribution in [1.82, 2.24) is 28.7 Å². The maximum absolute atomic E-state index is 5.14. The molecule has 0 fully saturated rings. The lowest BCUT2D eigenvalue weighted by atomic mass is 9.94. The lowest BCUT2D eigenvalue weighted by Gasteiger charge is -2.18. The molecule has 0 N–H and O–H groups in total. The molecule has 444 valence electrons. The lowest BCUT2D eigenvalue weighted by Crippen LogP contribution is -2.05. The summed E-state index contributed by atoms with van der Waals surface area (Å²) in [6.07, 6.45) is 11.7. The smallest absolute Gasteiger partial charge is 0.145 e. The van der Waals surface area contributed by atoms with Crippen LogP contribution in [0.15, 0.2) is 237 Å². The van der Waals surface area contributed by atoms with Gasteiger partial charge >= 0.3 is 0 Å². The van der Waals surface area contributed by atoms with Crippen molar-refractivity contribution < 1.29 is 0 Å². The topological polar surface area (TPSA) is 53.5 Å². The molecule has 0 saturated carbocycles. The van der Waals surface area contributed by atoms with Crippen LogP contribution in [0.5, 0.6) is 0 Å². The summed E-state index contributed by atoms with van der Waals surface area (Å²) in [6.45, 7) is 19.8. The first-order valence-corrected chi connectivity index (χ1v) is 31.9. The van der Waals surface area contributed by atoms with Gasteiger partial charge < -0.3 is 0 Å². The first kappa shape index (κ1) is 58.8. The Hall–Kier alpha value is -10.2. The van der Waals surface area contributed by atoms with Crippen LogP contribution in [0.2, 0.25) is 0 Å². The van der Waals surface area contributed by atoms with Gasteiger partial charge in [-0.2, -0.15) is 0 Å². The maximum atomic E-state index is 5.14. The van der Waals surface area contributed by atoms with E-state index in [2.05, 4.69) is 294 Å². The van der Waals surface area contributed by atoms with E-state index in [1.807, 2.05) is 18.6 Å². The first-order valence-electron chi connectivity index (χ1n) is 31.9. The van der Waals surface area contributed by atoms with Gasteiger partial charge in [-0.15, -0.1) is 0 Å². The molecule has 6 heteroatoms. The molecule has 0 aliphatic rings. The average Bonchev–Trinajstić information content (AvgIpc) is 1.61. The van der Waals surface area contributed by atoms with E-state index < -0.39 is 0 Å². The number of nitrogens with zero attached hydrogens (tertiary/aromatic N) is 6. The van der Waals surface area contributed by atoms with Crippen molar-refractivity contribution in [2.45, 2.75) is 101 Å². The van der Waals surface area contributed by atoms with Gasteiger partial charge in [0.25, 0.3) is 0 Å². The van der Waals surface area contributed by atoms with Crippen molar-refractivity contribution in [2.75, 3.05) is 0 Å². The highest BCUT2D eigenvalue weighted by Gasteiger charge is 2.23. The monoisotopic (exact) mass is 1170 g/mol. The second kappa shape index (κ2) is 25.5. The zero-order chi connectivity index (χ0) is 62.0. The third kappa shape index (κ3) is 11.9. The van der Waals surface area contributed by atoms with E-state index in [-0.39, 0.29) is 0 Å². The quantitative estimate of drug-likeness (QED) is 0.0860. The predicted octanol–water partition coefficient (Wildman–Crippen LogP) is 20.4. The van der Waals surface area contributed by atoms with Gasteiger partial charge in [-0.1, -0.05) is 218 Å². The molecule has 0 saturated heterocycles. The number of imidazole rings is 3. The second-order valence-electron chi connectivity index (χ2n) is 24.8. The Morgan fingerprint density at radius 3 is 0.700 bits per heavy atom. The largest absolute Gasteiger partial charge is 0.292 e. The Kier molecular flexibility index (Phi) is 16.7. The molecule has 6 nitrogen and oxygen atoms in total. The number of aromatic nitrogens is 6. The van der Waals surface area contributed by atoms with E-state index in [1.165, 1.54) is 117 Å². The van der Waals surface area contributed by atoms with Crippen LogP contribution in [0.25, 0.3) is 85.0 Å². The number of benzene rings is 10. The van der Waals surface area contributed by atoms with Gasteiger partial charge in [0.05, 0.1) is 52.7 Å². The van der Waals surface area contributed by atoms with Gasteiger partial charge in [0.1, 0.15) is 17.5 Å². The van der Waals surface area contributed by atoms with Crippen LogP contribution < -0.4 is 0 Å². The standard InChI is InChI=1S/C84H78N6/c1-55-19-10-13-28-73(55)76-52-85-82(88(76)79-58(4)22-16-23-59(79)5)70-43-37-64(38-44-70)31-34-67-49-68(35-32-65-39-45-71(46-40-65)83-86-53-77(74-29-14-11-20-56(74)2)89(83)80-60(6)24-17-25-61(80)7)51-69(50-67)36-33-66-41-47-72(48-42-66)84-87-54-78(75-30-15-12-21-57(75)3)90(84)81-62(8)26-18-27-63(81)9/h10-30,37-54H,31-36H2,1-9H3. The minimum atomic E-state index is 0.929. The number of para-hydroxylation sites is 3. The first-order chi connectivity index (χ1) is 43.8. The number of hydrogen-bond donors (Lipinski definition) is 0. The molecule has 13 rings (SSSR count). The summed E-state index contributed by atoms with van der Waals surface area (Å²) in [5, 5.41) is 0. The minimum Gasteiger partial charge on any atom is -0.292 e. The SMILES string of the molecule is Cc1ccccc1-c1cnc(-c2ccc(CCc3cc(CCc4ccc(-c5ncc(-c6ccccc6C)n5-c5c(C)cccc5C)cc4)cc(CCc4ccc(-c5ncc(-c6ccccc6C)n5-c5c(C)cccc5C)cc4)c3)cc2)n1-c1c(C)cccc1C. The molecular weight excluding hydrogens is 1090 g/mol. The summed E-state index contributed by atoms with van der Waals surface area (Å²) < 4.78 is 7.11. The molecule has 90 heavy (non-hydrogen) atoms. The summed E-state index contributed by atoms with van der Waals surface area (Å²) >= 11 is 0. The number of aryl methyl sites for hydroxylation is 15. The van der Waals surface area contributed by atoms with E-state index in [0.29, 0.717) is 0 Å². The van der Waals surface area contributed by atoms with Crippen LogP contribution in [0.3, 0.4) is 0 Å². The van der Waals surface area contributed by atoms with Crippen LogP contribution >= 0.6 is 0 Å². The molecule has 0 aliphatic carbocycles. The highest BCUT2D eigenvalue weighted by Crippen LogP contribution is 2.39. The van der Waals surface area contributed by atoms with Crippen molar-refractivity contribution in [3.05, 3.63) is 320 Å². The molecule has 0 spiro atoms. The lowest BCUT2D eigenvalue weighted by molar-refractivity contribution is 0.903. The molecular formula is C84H78N6. The maximum Gasteiger partial charge on any atom is 0.145 e. The highest BCUT2D eigenvalue weighted by molar-refractivity contribution is 5.76. The highest BCUT2D eigenvalue weighted by atomic mass is 15.1. The molecule has 3 heterocycles. The fourth-order valence-electron chi connectivity index (χ4n) is 13.6. The molecule has 0 aliphatic heterocycles. The van der Waals surface area contributed by atoms with Gasteiger partial charge in [-0.25, -0.2) is 15.0 Å². The number of rotatable bonds is 18. The third-order valence-corrected chi connectivity index (χ3v) is 18.4. The van der Waals surface area contributed by atoms with Crippen LogP contribution in [0, 0.1) is 62.3 Å². The van der Waals surface area contributed by atoms with Crippen molar-refractivity contribution in [3.8, 4) is 85.0 Å². The number of hydrogen-bond acceptors (Lipinski definition) is 3. The van der Waals surface area contributed by atoms with Crippen LogP contribution in [0.1, 0.15) is 83.5 Å². The Bertz CT molecular complexity index is 4190. The minimum absolute atomic E-state index is 0.929. The zero-order valence-electron chi connectivity index (χ0n) is 53.4. The van der Waals surface area contributed by atoms with Crippen molar-refractivity contribution in [2.24, 2.45) is 0 Å². The van der Waals surface area contributed by atoms with Gasteiger partial charge in [-0.3, -0.25) is 13.7 Å². The van der Waals surface area contributed by atoms with Crippen LogP contribution in [-0.2, 0) is 38.5 Å².